The van der Waals surface area contributed by atoms with Crippen molar-refractivity contribution in [1.82, 2.24) is 19.5 Å². The number of rotatable bonds is 3. The van der Waals surface area contributed by atoms with Gasteiger partial charge in [-0.05, 0) is 6.42 Å². The van der Waals surface area contributed by atoms with Crippen LogP contribution in [0.2, 0.25) is 5.15 Å². The van der Waals surface area contributed by atoms with Gasteiger partial charge in [0.1, 0.15) is 11.8 Å². The molecule has 0 fully saturated rings. The number of allylic oxidation sites excluding steroid dienone is 1. The highest BCUT2D eigenvalue weighted by atomic mass is 35.5. The van der Waals surface area contributed by atoms with Gasteiger partial charge in [-0.3, -0.25) is 0 Å². The van der Waals surface area contributed by atoms with Crippen molar-refractivity contribution in [3.05, 3.63) is 30.5 Å². The summed E-state index contributed by atoms with van der Waals surface area (Å²) >= 11 is 5.86. The summed E-state index contributed by atoms with van der Waals surface area (Å²) in [5.41, 5.74) is 1.42. The van der Waals surface area contributed by atoms with Gasteiger partial charge in [0.25, 0.3) is 0 Å². The zero-order valence-corrected chi connectivity index (χ0v) is 8.28. The molecule has 0 aliphatic carbocycles. The van der Waals surface area contributed by atoms with Crippen molar-refractivity contribution in [2.75, 3.05) is 0 Å². The van der Waals surface area contributed by atoms with Gasteiger partial charge >= 0.3 is 0 Å². The molecule has 2 aromatic heterocycles. The Kier molecular flexibility index (Phi) is 2.45. The number of aromatic nitrogens is 4. The molecule has 14 heavy (non-hydrogen) atoms. The average Bonchev–Trinajstić information content (AvgIpc) is 2.60. The van der Waals surface area contributed by atoms with Crippen LogP contribution in [0.1, 0.15) is 6.42 Å². The zero-order valence-electron chi connectivity index (χ0n) is 7.52. The van der Waals surface area contributed by atoms with Crippen molar-refractivity contribution in [2.45, 2.75) is 13.0 Å². The Morgan fingerprint density at radius 1 is 1.43 bits per heavy atom. The minimum atomic E-state index is 0.396. The smallest absolute Gasteiger partial charge is 0.164 e. The van der Waals surface area contributed by atoms with E-state index in [9.17, 15) is 0 Å². The fourth-order valence-corrected chi connectivity index (χ4v) is 1.42. The van der Waals surface area contributed by atoms with E-state index in [1.807, 2.05) is 10.6 Å². The lowest BCUT2D eigenvalue weighted by atomic mass is 10.4. The van der Waals surface area contributed by atoms with Crippen LogP contribution in [0.25, 0.3) is 11.2 Å². The predicted octanol–water partition coefficient (Wildman–Crippen LogP) is 2.06. The Bertz CT molecular complexity index is 463. The van der Waals surface area contributed by atoms with Crippen LogP contribution in [0.5, 0.6) is 0 Å². The van der Waals surface area contributed by atoms with Gasteiger partial charge in [-0.15, -0.1) is 6.58 Å². The zero-order chi connectivity index (χ0) is 9.97. The van der Waals surface area contributed by atoms with Crippen LogP contribution in [-0.2, 0) is 6.54 Å². The third-order valence-corrected chi connectivity index (χ3v) is 2.21. The Morgan fingerprint density at radius 3 is 3.07 bits per heavy atom. The van der Waals surface area contributed by atoms with Gasteiger partial charge in [-0.1, -0.05) is 17.7 Å². The van der Waals surface area contributed by atoms with Crippen molar-refractivity contribution >= 4 is 22.8 Å². The van der Waals surface area contributed by atoms with Gasteiger partial charge in [-0.25, -0.2) is 15.0 Å². The molecule has 0 atom stereocenters. The van der Waals surface area contributed by atoms with Crippen molar-refractivity contribution in [1.29, 1.82) is 0 Å². The van der Waals surface area contributed by atoms with Gasteiger partial charge in [-0.2, -0.15) is 0 Å². The molecule has 0 saturated heterocycles. The van der Waals surface area contributed by atoms with Gasteiger partial charge < -0.3 is 4.57 Å². The van der Waals surface area contributed by atoms with Crippen LogP contribution in [0.3, 0.4) is 0 Å². The summed E-state index contributed by atoms with van der Waals surface area (Å²) in [5, 5.41) is 0.396. The highest BCUT2D eigenvalue weighted by Crippen LogP contribution is 2.16. The van der Waals surface area contributed by atoms with Crippen LogP contribution < -0.4 is 0 Å². The van der Waals surface area contributed by atoms with E-state index in [4.69, 9.17) is 11.6 Å². The maximum Gasteiger partial charge on any atom is 0.164 e. The molecule has 0 radical (unpaired) electrons. The molecule has 2 heterocycles. The SMILES string of the molecule is C=CCCn1cnc2c(Cl)ncnc21. The fourth-order valence-electron chi connectivity index (χ4n) is 1.25. The van der Waals surface area contributed by atoms with E-state index < -0.39 is 0 Å². The highest BCUT2D eigenvalue weighted by molar-refractivity contribution is 6.33. The third kappa shape index (κ3) is 1.48. The van der Waals surface area contributed by atoms with Gasteiger partial charge in [0.05, 0.1) is 6.33 Å². The lowest BCUT2D eigenvalue weighted by Gasteiger charge is -1.99. The second-order valence-electron chi connectivity index (χ2n) is 2.85. The lowest BCUT2D eigenvalue weighted by Crippen LogP contribution is -1.96. The summed E-state index contributed by atoms with van der Waals surface area (Å²) in [6.45, 7) is 4.48. The molecule has 0 aromatic carbocycles. The molecule has 0 amide bonds. The summed E-state index contributed by atoms with van der Waals surface area (Å²) in [6, 6.07) is 0. The van der Waals surface area contributed by atoms with Gasteiger partial charge in [0.2, 0.25) is 0 Å². The van der Waals surface area contributed by atoms with E-state index in [0.29, 0.717) is 10.7 Å². The summed E-state index contributed by atoms with van der Waals surface area (Å²) in [5.74, 6) is 0. The first-order valence-electron chi connectivity index (χ1n) is 4.25. The summed E-state index contributed by atoms with van der Waals surface area (Å²) in [4.78, 5) is 12.1. The Balaban J connectivity index is 2.47. The van der Waals surface area contributed by atoms with E-state index in [-0.39, 0.29) is 0 Å². The minimum Gasteiger partial charge on any atom is -0.315 e. The van der Waals surface area contributed by atoms with Crippen molar-refractivity contribution in [2.24, 2.45) is 0 Å². The molecular weight excluding hydrogens is 200 g/mol. The highest BCUT2D eigenvalue weighted by Gasteiger charge is 2.06. The van der Waals surface area contributed by atoms with E-state index in [1.54, 1.807) is 6.33 Å². The van der Waals surface area contributed by atoms with Crippen molar-refractivity contribution in [3.63, 3.8) is 0 Å². The maximum atomic E-state index is 5.86. The lowest BCUT2D eigenvalue weighted by molar-refractivity contribution is 0.724. The van der Waals surface area contributed by atoms with Crippen LogP contribution in [0.15, 0.2) is 25.3 Å². The van der Waals surface area contributed by atoms with Gasteiger partial charge in [0, 0.05) is 6.54 Å². The number of imidazole rings is 1. The summed E-state index contributed by atoms with van der Waals surface area (Å²) < 4.78 is 1.94. The molecule has 2 rings (SSSR count). The first-order chi connectivity index (χ1) is 6.83. The largest absolute Gasteiger partial charge is 0.315 e. The normalized spacial score (nSPS) is 10.6. The first-order valence-corrected chi connectivity index (χ1v) is 4.63. The molecule has 72 valence electrons. The fraction of sp³-hybridized carbons (Fsp3) is 0.222. The van der Waals surface area contributed by atoms with Crippen LogP contribution >= 0.6 is 11.6 Å². The van der Waals surface area contributed by atoms with Crippen LogP contribution in [0, 0.1) is 0 Å². The molecule has 2 aromatic rings. The molecular formula is C9H9ClN4. The Hall–Kier alpha value is -1.42. The molecule has 0 aliphatic heterocycles. The van der Waals surface area contributed by atoms with E-state index >= 15 is 0 Å². The molecule has 0 unspecified atom stereocenters. The quantitative estimate of drug-likeness (QED) is 0.573. The maximum absolute atomic E-state index is 5.86. The second kappa shape index (κ2) is 3.75. The molecule has 0 aliphatic rings. The second-order valence-corrected chi connectivity index (χ2v) is 3.21. The number of hydrogen-bond donors (Lipinski definition) is 0. The number of nitrogens with zero attached hydrogens (tertiary/aromatic N) is 4. The summed E-state index contributed by atoms with van der Waals surface area (Å²) in [6.07, 6.45) is 5.90. The Morgan fingerprint density at radius 2 is 2.29 bits per heavy atom. The Labute approximate surface area is 86.3 Å². The molecule has 0 spiro atoms. The average molecular weight is 209 g/mol. The van der Waals surface area contributed by atoms with E-state index in [1.165, 1.54) is 6.33 Å². The van der Waals surface area contributed by atoms with E-state index in [2.05, 4.69) is 21.5 Å². The molecule has 0 bridgehead atoms. The molecule has 0 saturated carbocycles. The van der Waals surface area contributed by atoms with Crippen LogP contribution in [-0.4, -0.2) is 19.5 Å². The molecule has 5 heteroatoms. The topological polar surface area (TPSA) is 43.6 Å². The number of fused-ring (bicyclic) bond motifs is 1. The minimum absolute atomic E-state index is 0.396. The monoisotopic (exact) mass is 208 g/mol. The predicted molar refractivity (Wildman–Crippen MR) is 55.1 cm³/mol. The van der Waals surface area contributed by atoms with E-state index in [0.717, 1.165) is 18.6 Å². The van der Waals surface area contributed by atoms with Crippen molar-refractivity contribution < 1.29 is 0 Å². The summed E-state index contributed by atoms with van der Waals surface area (Å²) in [7, 11) is 0. The van der Waals surface area contributed by atoms with Crippen LogP contribution in [0.4, 0.5) is 0 Å². The molecule has 0 N–H and O–H groups in total. The standard InChI is InChI=1S/C9H9ClN4/c1-2-3-4-14-6-13-7-8(10)11-5-12-9(7)14/h2,5-6H,1,3-4H2. The molecule has 4 nitrogen and oxygen atoms in total. The van der Waals surface area contributed by atoms with Gasteiger partial charge in [0.15, 0.2) is 10.8 Å². The first kappa shape index (κ1) is 9.15. The number of halogens is 1. The number of hydrogen-bond acceptors (Lipinski definition) is 3. The number of aryl methyl sites for hydroxylation is 1. The van der Waals surface area contributed by atoms with Crippen molar-refractivity contribution in [3.8, 4) is 0 Å². The third-order valence-electron chi connectivity index (χ3n) is 1.93.